The molecule has 0 saturated carbocycles. The summed E-state index contributed by atoms with van der Waals surface area (Å²) in [6, 6.07) is 17.1. The van der Waals surface area contributed by atoms with Crippen molar-refractivity contribution in [3.8, 4) is 16.3 Å². The first-order valence-corrected chi connectivity index (χ1v) is 11.0. The van der Waals surface area contributed by atoms with Crippen LogP contribution in [-0.4, -0.2) is 21.3 Å². The van der Waals surface area contributed by atoms with Crippen LogP contribution in [0, 0.1) is 0 Å². The molecule has 0 aliphatic carbocycles. The maximum absolute atomic E-state index is 12.9. The highest BCUT2D eigenvalue weighted by Gasteiger charge is 2.24. The molecular formula is C22H16Cl2N4OS. The Morgan fingerprint density at radius 3 is 2.67 bits per heavy atom. The highest BCUT2D eigenvalue weighted by Crippen LogP contribution is 2.34. The number of rotatable bonds is 3. The second kappa shape index (κ2) is 7.87. The topological polar surface area (TPSA) is 51.0 Å². The standard InChI is InChI=1S/C22H16Cl2N4OS/c23-15-7-4-8-16(11-15)28-22(29)20(24)18(12-25-28)27-10-9-17-19(13-27)30-21(26-17)14-5-2-1-3-6-14/h1-8,11-12H,9-10,13H2. The number of anilines is 1. The van der Waals surface area contributed by atoms with Crippen LogP contribution in [0.4, 0.5) is 5.69 Å². The molecular weight excluding hydrogens is 439 g/mol. The second-order valence-corrected chi connectivity index (χ2v) is 8.87. The van der Waals surface area contributed by atoms with Crippen molar-refractivity contribution in [1.82, 2.24) is 14.8 Å². The summed E-state index contributed by atoms with van der Waals surface area (Å²) in [4.78, 5) is 21.0. The number of hydrogen-bond donors (Lipinski definition) is 0. The SMILES string of the molecule is O=c1c(Cl)c(N2CCc3nc(-c4ccccc4)sc3C2)cnn1-c1cccc(Cl)c1. The predicted molar refractivity (Wildman–Crippen MR) is 122 cm³/mol. The molecule has 2 aromatic carbocycles. The number of fused-ring (bicyclic) bond motifs is 1. The fourth-order valence-electron chi connectivity index (χ4n) is 3.54. The van der Waals surface area contributed by atoms with Gasteiger partial charge in [0, 0.05) is 28.4 Å². The van der Waals surface area contributed by atoms with Gasteiger partial charge < -0.3 is 4.90 Å². The molecule has 3 heterocycles. The number of nitrogens with zero attached hydrogens (tertiary/aromatic N) is 4. The summed E-state index contributed by atoms with van der Waals surface area (Å²) in [6.45, 7) is 1.38. The minimum Gasteiger partial charge on any atom is -0.363 e. The molecule has 0 fully saturated rings. The van der Waals surface area contributed by atoms with Gasteiger partial charge in [0.25, 0.3) is 5.56 Å². The maximum Gasteiger partial charge on any atom is 0.292 e. The zero-order valence-corrected chi connectivity index (χ0v) is 18.1. The van der Waals surface area contributed by atoms with E-state index in [-0.39, 0.29) is 10.6 Å². The molecule has 4 aromatic rings. The summed E-state index contributed by atoms with van der Waals surface area (Å²) >= 11 is 14.2. The van der Waals surface area contributed by atoms with Gasteiger partial charge in [0.1, 0.15) is 10.0 Å². The lowest BCUT2D eigenvalue weighted by atomic mass is 10.1. The van der Waals surface area contributed by atoms with Gasteiger partial charge in [-0.15, -0.1) is 11.3 Å². The van der Waals surface area contributed by atoms with Gasteiger partial charge in [-0.25, -0.2) is 4.98 Å². The lowest BCUT2D eigenvalue weighted by Crippen LogP contribution is -2.32. The largest absolute Gasteiger partial charge is 0.363 e. The van der Waals surface area contributed by atoms with Crippen molar-refractivity contribution >= 4 is 40.2 Å². The normalized spacial score (nSPS) is 13.3. The summed E-state index contributed by atoms with van der Waals surface area (Å²) in [6.07, 6.45) is 2.45. The van der Waals surface area contributed by atoms with Crippen LogP contribution in [0.3, 0.4) is 0 Å². The number of benzene rings is 2. The van der Waals surface area contributed by atoms with Gasteiger partial charge in [0.2, 0.25) is 0 Å². The van der Waals surface area contributed by atoms with Crippen LogP contribution < -0.4 is 10.5 Å². The molecule has 0 unspecified atom stereocenters. The Morgan fingerprint density at radius 2 is 1.87 bits per heavy atom. The third-order valence-corrected chi connectivity index (χ3v) is 6.77. The predicted octanol–water partition coefficient (Wildman–Crippen LogP) is 5.23. The molecule has 30 heavy (non-hydrogen) atoms. The fraction of sp³-hybridized carbons (Fsp3) is 0.136. The molecule has 5 rings (SSSR count). The van der Waals surface area contributed by atoms with Crippen LogP contribution in [0.5, 0.6) is 0 Å². The first-order valence-electron chi connectivity index (χ1n) is 9.43. The molecule has 1 aliphatic heterocycles. The van der Waals surface area contributed by atoms with Crippen molar-refractivity contribution in [3.05, 3.63) is 91.8 Å². The minimum absolute atomic E-state index is 0.154. The van der Waals surface area contributed by atoms with E-state index in [0.29, 0.717) is 22.9 Å². The smallest absolute Gasteiger partial charge is 0.292 e. The number of halogens is 2. The fourth-order valence-corrected chi connectivity index (χ4v) is 5.10. The third kappa shape index (κ3) is 3.51. The average Bonchev–Trinajstić information content (AvgIpc) is 3.20. The highest BCUT2D eigenvalue weighted by molar-refractivity contribution is 7.15. The van der Waals surface area contributed by atoms with Gasteiger partial charge in [-0.1, -0.05) is 59.6 Å². The summed E-state index contributed by atoms with van der Waals surface area (Å²) < 4.78 is 1.27. The van der Waals surface area contributed by atoms with Gasteiger partial charge >= 0.3 is 0 Å². The summed E-state index contributed by atoms with van der Waals surface area (Å²) in [7, 11) is 0. The van der Waals surface area contributed by atoms with Gasteiger partial charge in [-0.3, -0.25) is 4.79 Å². The van der Waals surface area contributed by atoms with E-state index in [9.17, 15) is 4.79 Å². The molecule has 0 radical (unpaired) electrons. The van der Waals surface area contributed by atoms with Gasteiger partial charge in [-0.05, 0) is 18.2 Å². The minimum atomic E-state index is -0.364. The zero-order valence-electron chi connectivity index (χ0n) is 15.8. The van der Waals surface area contributed by atoms with Crippen LogP contribution in [-0.2, 0) is 13.0 Å². The second-order valence-electron chi connectivity index (χ2n) is 6.97. The van der Waals surface area contributed by atoms with E-state index in [2.05, 4.69) is 22.1 Å². The van der Waals surface area contributed by atoms with Crippen LogP contribution in [0.15, 0.2) is 65.6 Å². The van der Waals surface area contributed by atoms with E-state index in [0.717, 1.165) is 29.2 Å². The summed E-state index contributed by atoms with van der Waals surface area (Å²) in [5, 5.41) is 6.04. The molecule has 0 amide bonds. The number of thiazole rings is 1. The van der Waals surface area contributed by atoms with Crippen LogP contribution >= 0.6 is 34.5 Å². The Labute approximate surface area is 187 Å². The highest BCUT2D eigenvalue weighted by atomic mass is 35.5. The third-order valence-electron chi connectivity index (χ3n) is 5.05. The van der Waals surface area contributed by atoms with Crippen molar-refractivity contribution in [2.75, 3.05) is 11.4 Å². The van der Waals surface area contributed by atoms with E-state index in [4.69, 9.17) is 28.2 Å². The van der Waals surface area contributed by atoms with E-state index in [1.165, 1.54) is 9.56 Å². The monoisotopic (exact) mass is 454 g/mol. The Balaban J connectivity index is 1.46. The van der Waals surface area contributed by atoms with Crippen molar-refractivity contribution in [1.29, 1.82) is 0 Å². The number of aromatic nitrogens is 3. The molecule has 1 aliphatic rings. The van der Waals surface area contributed by atoms with Crippen molar-refractivity contribution in [2.45, 2.75) is 13.0 Å². The molecule has 0 N–H and O–H groups in total. The molecule has 5 nitrogen and oxygen atoms in total. The van der Waals surface area contributed by atoms with Crippen LogP contribution in [0.1, 0.15) is 10.6 Å². The molecule has 8 heteroatoms. The van der Waals surface area contributed by atoms with Gasteiger partial charge in [-0.2, -0.15) is 9.78 Å². The van der Waals surface area contributed by atoms with Crippen molar-refractivity contribution in [3.63, 3.8) is 0 Å². The van der Waals surface area contributed by atoms with E-state index in [1.807, 2.05) is 18.2 Å². The quantitative estimate of drug-likeness (QED) is 0.425. The Bertz CT molecular complexity index is 1290. The number of hydrogen-bond acceptors (Lipinski definition) is 5. The maximum atomic E-state index is 12.9. The molecule has 0 spiro atoms. The summed E-state index contributed by atoms with van der Waals surface area (Å²) in [5.74, 6) is 0. The lowest BCUT2D eigenvalue weighted by molar-refractivity contribution is 0.716. The molecule has 0 atom stereocenters. The van der Waals surface area contributed by atoms with Crippen molar-refractivity contribution < 1.29 is 0 Å². The van der Waals surface area contributed by atoms with E-state index >= 15 is 0 Å². The molecule has 2 aromatic heterocycles. The summed E-state index contributed by atoms with van der Waals surface area (Å²) in [5.41, 5.74) is 3.09. The van der Waals surface area contributed by atoms with Crippen LogP contribution in [0.2, 0.25) is 10.0 Å². The van der Waals surface area contributed by atoms with E-state index in [1.54, 1.807) is 41.8 Å². The Morgan fingerprint density at radius 1 is 1.03 bits per heavy atom. The zero-order chi connectivity index (χ0) is 20.7. The van der Waals surface area contributed by atoms with Crippen molar-refractivity contribution in [2.24, 2.45) is 0 Å². The Hall–Kier alpha value is -2.67. The first-order chi connectivity index (χ1) is 14.6. The molecule has 0 bridgehead atoms. The molecule has 150 valence electrons. The lowest BCUT2D eigenvalue weighted by Gasteiger charge is -2.28. The molecule has 0 saturated heterocycles. The van der Waals surface area contributed by atoms with Gasteiger partial charge in [0.05, 0.1) is 29.8 Å². The van der Waals surface area contributed by atoms with E-state index < -0.39 is 0 Å². The Kier molecular flexibility index (Phi) is 5.06. The average molecular weight is 455 g/mol. The van der Waals surface area contributed by atoms with Crippen LogP contribution in [0.25, 0.3) is 16.3 Å². The first kappa shape index (κ1) is 19.3. The van der Waals surface area contributed by atoms with Gasteiger partial charge in [0.15, 0.2) is 0 Å².